The van der Waals surface area contributed by atoms with Gasteiger partial charge in [0.25, 0.3) is 5.91 Å². The fraction of sp³-hybridized carbons (Fsp3) is 0.0625. The molecule has 0 radical (unpaired) electrons. The number of thiazole rings is 1. The highest BCUT2D eigenvalue weighted by Gasteiger charge is 2.04. The minimum absolute atomic E-state index is 0.121. The van der Waals surface area contributed by atoms with Crippen molar-refractivity contribution in [3.63, 3.8) is 0 Å². The maximum Gasteiger partial charge on any atom is 0.259 e. The third-order valence-electron chi connectivity index (χ3n) is 2.95. The Kier molecular flexibility index (Phi) is 4.99. The second kappa shape index (κ2) is 7.34. The Morgan fingerprint density at radius 2 is 2.13 bits per heavy atom. The van der Waals surface area contributed by atoms with Gasteiger partial charge in [0, 0.05) is 4.47 Å². The SMILES string of the molecule is O=C(CNc1nc2ccccc2s1)N/N=C\c1cccc(Br)c1. The lowest BCUT2D eigenvalue weighted by Crippen LogP contribution is -2.25. The van der Waals surface area contributed by atoms with Crippen LogP contribution in [0.25, 0.3) is 10.2 Å². The van der Waals surface area contributed by atoms with Crippen molar-refractivity contribution in [3.8, 4) is 0 Å². The van der Waals surface area contributed by atoms with Crippen LogP contribution in [0.15, 0.2) is 58.1 Å². The predicted molar refractivity (Wildman–Crippen MR) is 98.0 cm³/mol. The van der Waals surface area contributed by atoms with E-state index >= 15 is 0 Å². The molecular formula is C16H13BrN4OS. The number of anilines is 1. The molecule has 0 bridgehead atoms. The average Bonchev–Trinajstić information content (AvgIpc) is 2.96. The summed E-state index contributed by atoms with van der Waals surface area (Å²) in [5.41, 5.74) is 4.31. The zero-order valence-corrected chi connectivity index (χ0v) is 14.4. The molecule has 7 heteroatoms. The fourth-order valence-corrected chi connectivity index (χ4v) is 3.19. The molecular weight excluding hydrogens is 376 g/mol. The van der Waals surface area contributed by atoms with Crippen LogP contribution in [0.2, 0.25) is 0 Å². The van der Waals surface area contributed by atoms with E-state index in [2.05, 4.69) is 36.8 Å². The molecule has 0 saturated carbocycles. The number of nitrogens with one attached hydrogen (secondary N) is 2. The summed E-state index contributed by atoms with van der Waals surface area (Å²) in [6.07, 6.45) is 1.60. The highest BCUT2D eigenvalue weighted by molar-refractivity contribution is 9.10. The molecule has 0 aliphatic heterocycles. The summed E-state index contributed by atoms with van der Waals surface area (Å²) in [6, 6.07) is 15.5. The first-order valence-electron chi connectivity index (χ1n) is 6.87. The van der Waals surface area contributed by atoms with Crippen molar-refractivity contribution in [1.29, 1.82) is 0 Å². The van der Waals surface area contributed by atoms with Crippen molar-refractivity contribution >= 4 is 54.7 Å². The van der Waals surface area contributed by atoms with Gasteiger partial charge in [-0.05, 0) is 29.8 Å². The second-order valence-electron chi connectivity index (χ2n) is 4.69. The Bertz CT molecular complexity index is 829. The van der Waals surface area contributed by atoms with Crippen LogP contribution < -0.4 is 10.7 Å². The monoisotopic (exact) mass is 388 g/mol. The predicted octanol–water partition coefficient (Wildman–Crippen LogP) is 3.62. The van der Waals surface area contributed by atoms with Gasteiger partial charge in [-0.25, -0.2) is 10.4 Å². The highest BCUT2D eigenvalue weighted by Crippen LogP contribution is 2.24. The lowest BCUT2D eigenvalue weighted by Gasteiger charge is -2.01. The molecule has 23 heavy (non-hydrogen) atoms. The molecule has 1 aromatic heterocycles. The van der Waals surface area contributed by atoms with Crippen LogP contribution in [0.1, 0.15) is 5.56 Å². The molecule has 3 rings (SSSR count). The lowest BCUT2D eigenvalue weighted by atomic mass is 10.2. The Labute approximate surface area is 145 Å². The minimum atomic E-state index is -0.226. The number of hydrogen-bond acceptors (Lipinski definition) is 5. The van der Waals surface area contributed by atoms with Crippen LogP contribution in [-0.4, -0.2) is 23.7 Å². The number of hydrogen-bond donors (Lipinski definition) is 2. The summed E-state index contributed by atoms with van der Waals surface area (Å²) < 4.78 is 2.05. The van der Waals surface area contributed by atoms with E-state index in [1.54, 1.807) is 6.21 Å². The summed E-state index contributed by atoms with van der Waals surface area (Å²) in [7, 11) is 0. The quantitative estimate of drug-likeness (QED) is 0.518. The van der Waals surface area contributed by atoms with Gasteiger partial charge in [-0.1, -0.05) is 51.5 Å². The van der Waals surface area contributed by atoms with E-state index in [-0.39, 0.29) is 12.5 Å². The summed E-state index contributed by atoms with van der Waals surface area (Å²) >= 11 is 4.90. The van der Waals surface area contributed by atoms with Crippen LogP contribution in [0.5, 0.6) is 0 Å². The summed E-state index contributed by atoms with van der Waals surface area (Å²) in [5, 5.41) is 7.66. The van der Waals surface area contributed by atoms with Gasteiger partial charge < -0.3 is 5.32 Å². The molecule has 116 valence electrons. The van der Waals surface area contributed by atoms with E-state index in [4.69, 9.17) is 0 Å². The van der Waals surface area contributed by atoms with Crippen LogP contribution in [0.3, 0.4) is 0 Å². The number of hydrazone groups is 1. The summed E-state index contributed by atoms with van der Waals surface area (Å²) in [5.74, 6) is -0.226. The molecule has 0 atom stereocenters. The van der Waals surface area contributed by atoms with Gasteiger partial charge in [0.1, 0.15) is 0 Å². The molecule has 0 saturated heterocycles. The third-order valence-corrected chi connectivity index (χ3v) is 4.43. The van der Waals surface area contributed by atoms with Gasteiger partial charge in [-0.2, -0.15) is 5.10 Å². The van der Waals surface area contributed by atoms with E-state index < -0.39 is 0 Å². The molecule has 0 aliphatic carbocycles. The van der Waals surface area contributed by atoms with Gasteiger partial charge in [-0.3, -0.25) is 4.79 Å². The van der Waals surface area contributed by atoms with E-state index in [9.17, 15) is 4.79 Å². The van der Waals surface area contributed by atoms with Gasteiger partial charge in [0.05, 0.1) is 23.0 Å². The fourth-order valence-electron chi connectivity index (χ4n) is 1.91. The number of fused-ring (bicyclic) bond motifs is 1. The molecule has 1 amide bonds. The van der Waals surface area contributed by atoms with Crippen LogP contribution >= 0.6 is 27.3 Å². The first-order valence-corrected chi connectivity index (χ1v) is 8.48. The van der Waals surface area contributed by atoms with E-state index in [0.717, 1.165) is 25.4 Å². The van der Waals surface area contributed by atoms with Crippen LogP contribution in [-0.2, 0) is 4.79 Å². The molecule has 5 nitrogen and oxygen atoms in total. The average molecular weight is 389 g/mol. The molecule has 0 unspecified atom stereocenters. The van der Waals surface area contributed by atoms with Crippen molar-refractivity contribution < 1.29 is 4.79 Å². The molecule has 0 fully saturated rings. The maximum atomic E-state index is 11.8. The largest absolute Gasteiger partial charge is 0.352 e. The summed E-state index contributed by atoms with van der Waals surface area (Å²) in [4.78, 5) is 16.2. The molecule has 0 spiro atoms. The Morgan fingerprint density at radius 1 is 1.26 bits per heavy atom. The van der Waals surface area contributed by atoms with Gasteiger partial charge in [0.2, 0.25) is 0 Å². The van der Waals surface area contributed by atoms with Crippen molar-refractivity contribution in [2.45, 2.75) is 0 Å². The number of carbonyl (C=O) groups is 1. The maximum absolute atomic E-state index is 11.8. The Morgan fingerprint density at radius 3 is 2.96 bits per heavy atom. The Balaban J connectivity index is 1.51. The zero-order valence-electron chi connectivity index (χ0n) is 12.0. The second-order valence-corrected chi connectivity index (χ2v) is 6.63. The van der Waals surface area contributed by atoms with Crippen molar-refractivity contribution in [1.82, 2.24) is 10.4 Å². The first kappa shape index (κ1) is 15.6. The van der Waals surface area contributed by atoms with E-state index in [1.807, 2.05) is 48.5 Å². The Hall–Kier alpha value is -2.25. The first-order chi connectivity index (χ1) is 11.2. The number of rotatable bonds is 5. The van der Waals surface area contributed by atoms with Gasteiger partial charge >= 0.3 is 0 Å². The molecule has 0 aliphatic rings. The number of amides is 1. The van der Waals surface area contributed by atoms with Crippen molar-refractivity contribution in [2.75, 3.05) is 11.9 Å². The third kappa shape index (κ3) is 4.37. The van der Waals surface area contributed by atoms with Crippen molar-refractivity contribution in [2.24, 2.45) is 5.10 Å². The number of carbonyl (C=O) groups excluding carboxylic acids is 1. The topological polar surface area (TPSA) is 66.4 Å². The van der Waals surface area contributed by atoms with Gasteiger partial charge in [0.15, 0.2) is 5.13 Å². The van der Waals surface area contributed by atoms with E-state index in [0.29, 0.717) is 0 Å². The summed E-state index contributed by atoms with van der Waals surface area (Å²) in [6.45, 7) is 0.121. The van der Waals surface area contributed by atoms with Gasteiger partial charge in [-0.15, -0.1) is 0 Å². The minimum Gasteiger partial charge on any atom is -0.352 e. The van der Waals surface area contributed by atoms with Crippen LogP contribution in [0.4, 0.5) is 5.13 Å². The van der Waals surface area contributed by atoms with E-state index in [1.165, 1.54) is 11.3 Å². The standard InChI is InChI=1S/C16H13BrN4OS/c17-12-5-3-4-11(8-12)9-19-21-15(22)10-18-16-20-13-6-1-2-7-14(13)23-16/h1-9H,10H2,(H,18,20)(H,21,22)/b19-9-. The molecule has 3 aromatic rings. The van der Waals surface area contributed by atoms with Crippen LogP contribution in [0, 0.1) is 0 Å². The number of benzene rings is 2. The molecule has 2 aromatic carbocycles. The normalized spacial score (nSPS) is 11.0. The zero-order chi connectivity index (χ0) is 16.1. The number of para-hydroxylation sites is 1. The van der Waals surface area contributed by atoms with Crippen molar-refractivity contribution in [3.05, 3.63) is 58.6 Å². The molecule has 2 N–H and O–H groups in total. The number of nitrogens with zero attached hydrogens (tertiary/aromatic N) is 2. The lowest BCUT2D eigenvalue weighted by molar-refractivity contribution is -0.119. The smallest absolute Gasteiger partial charge is 0.259 e. The molecule has 1 heterocycles. The number of halogens is 1. The number of aromatic nitrogens is 1. The highest BCUT2D eigenvalue weighted by atomic mass is 79.9.